The molecule has 4 atom stereocenters. The molecule has 0 saturated heterocycles. The smallest absolute Gasteiger partial charge is 0.255 e. The number of fused-ring (bicyclic) bond motifs is 2. The number of amides is 2. The van der Waals surface area contributed by atoms with Crippen LogP contribution in [0.1, 0.15) is 43.0 Å². The van der Waals surface area contributed by atoms with E-state index in [2.05, 4.69) is 10.6 Å². The van der Waals surface area contributed by atoms with Crippen LogP contribution in [0.5, 0.6) is 0 Å². The van der Waals surface area contributed by atoms with Gasteiger partial charge in [-0.2, -0.15) is 0 Å². The van der Waals surface area contributed by atoms with Gasteiger partial charge in [0, 0.05) is 29.9 Å². The number of aliphatic hydroxyl groups is 3. The Balaban J connectivity index is 1.53. The number of hydrogen-bond acceptors (Lipinski definition) is 7. The summed E-state index contributed by atoms with van der Waals surface area (Å²) >= 11 is 6.21. The molecule has 2 aromatic rings. The number of nitrogens with one attached hydrogen (secondary N) is 2. The molecule has 4 unspecified atom stereocenters. The van der Waals surface area contributed by atoms with Crippen LogP contribution >= 0.6 is 11.6 Å². The molecule has 2 saturated carbocycles. The number of rotatable bonds is 8. The molecule has 9 nitrogen and oxygen atoms in total. The Hall–Kier alpha value is -2.71. The van der Waals surface area contributed by atoms with Crippen LogP contribution in [0.15, 0.2) is 35.2 Å². The number of anilines is 1. The number of halogens is 4. The highest BCUT2D eigenvalue weighted by Crippen LogP contribution is 2.52. The van der Waals surface area contributed by atoms with Crippen LogP contribution in [-0.2, 0) is 14.6 Å². The fourth-order valence-corrected chi connectivity index (χ4v) is 7.91. The van der Waals surface area contributed by atoms with Crippen LogP contribution in [-0.4, -0.2) is 65.2 Å². The molecule has 0 radical (unpaired) electrons. The first-order valence-electron chi connectivity index (χ1n) is 12.5. The molecule has 4 rings (SSSR count). The van der Waals surface area contributed by atoms with Gasteiger partial charge in [-0.1, -0.05) is 11.6 Å². The van der Waals surface area contributed by atoms with Crippen LogP contribution < -0.4 is 10.6 Å². The van der Waals surface area contributed by atoms with Gasteiger partial charge in [0.25, 0.3) is 11.8 Å². The summed E-state index contributed by atoms with van der Waals surface area (Å²) in [6.07, 6.45) is -1.70. The lowest BCUT2D eigenvalue weighted by molar-refractivity contribution is -0.153. The minimum Gasteiger partial charge on any atom is -0.391 e. The maximum Gasteiger partial charge on any atom is 0.255 e. The molecule has 218 valence electrons. The van der Waals surface area contributed by atoms with Crippen LogP contribution in [0.25, 0.3) is 0 Å². The van der Waals surface area contributed by atoms with E-state index in [0.29, 0.717) is 25.0 Å². The van der Waals surface area contributed by atoms with Crippen molar-refractivity contribution in [3.8, 4) is 0 Å². The van der Waals surface area contributed by atoms with Gasteiger partial charge in [0.05, 0.1) is 27.4 Å². The lowest BCUT2D eigenvalue weighted by atomic mass is 9.73. The minimum atomic E-state index is -4.18. The fourth-order valence-electron chi connectivity index (χ4n) is 5.51. The minimum absolute atomic E-state index is 0.0669. The molecule has 2 fully saturated rings. The molecule has 0 heterocycles. The van der Waals surface area contributed by atoms with Crippen molar-refractivity contribution < 1.29 is 46.5 Å². The predicted molar refractivity (Wildman–Crippen MR) is 138 cm³/mol. The second-order valence-electron chi connectivity index (χ2n) is 10.3. The highest BCUT2D eigenvalue weighted by molar-refractivity contribution is 7.92. The van der Waals surface area contributed by atoms with Crippen molar-refractivity contribution in [1.29, 1.82) is 0 Å². The number of aliphatic hydroxyl groups excluding tert-OH is 2. The molecular weight excluding hydrogens is 577 g/mol. The summed E-state index contributed by atoms with van der Waals surface area (Å²) in [6.45, 7) is 1.05. The monoisotopic (exact) mass is 604 g/mol. The highest BCUT2D eigenvalue weighted by Gasteiger charge is 2.59. The average Bonchev–Trinajstić information content (AvgIpc) is 3.05. The Morgan fingerprint density at radius 3 is 2.20 bits per heavy atom. The topological polar surface area (TPSA) is 153 Å². The lowest BCUT2D eigenvalue weighted by Crippen LogP contribution is -2.58. The van der Waals surface area contributed by atoms with Crippen molar-refractivity contribution in [2.24, 2.45) is 11.8 Å². The van der Waals surface area contributed by atoms with Gasteiger partial charge in [-0.25, -0.2) is 21.6 Å². The first-order chi connectivity index (χ1) is 18.7. The van der Waals surface area contributed by atoms with E-state index < -0.39 is 74.0 Å². The van der Waals surface area contributed by atoms with Gasteiger partial charge >= 0.3 is 0 Å². The van der Waals surface area contributed by atoms with Crippen LogP contribution in [0.4, 0.5) is 18.9 Å². The zero-order valence-electron chi connectivity index (χ0n) is 21.2. The normalized spacial score (nSPS) is 25.8. The summed E-state index contributed by atoms with van der Waals surface area (Å²) in [6, 6.07) is 4.57. The summed E-state index contributed by atoms with van der Waals surface area (Å²) in [5, 5.41) is 33.9. The summed E-state index contributed by atoms with van der Waals surface area (Å²) in [5.74, 6) is -7.83. The Labute approximate surface area is 233 Å². The number of sulfone groups is 1. The van der Waals surface area contributed by atoms with Gasteiger partial charge in [-0.05, 0) is 62.6 Å². The Morgan fingerprint density at radius 2 is 1.65 bits per heavy atom. The zero-order valence-corrected chi connectivity index (χ0v) is 22.8. The maximum atomic E-state index is 13.7. The molecule has 2 aliphatic rings. The second-order valence-corrected chi connectivity index (χ2v) is 12.9. The predicted octanol–water partition coefficient (Wildman–Crippen LogP) is 2.56. The standard InChI is InChI=1S/C26H28ClF3N2O7S/c1-12(33)21(34)11-31-25(36)26(37)14-3-4-15(26)8-17(7-14)40(38,39)22-6-13(2-5-18(22)27)24(35)32-16-9-19(28)23(30)20(29)10-16/h2,5-6,9-10,12,14-15,17,21,33-34,37H,3-4,7-8,11H2,1H3,(H,31,36)(H,32,35)/t12?,14?,15?,17-,21?,26-. The van der Waals surface area contributed by atoms with Gasteiger partial charge in [-0.15, -0.1) is 0 Å². The van der Waals surface area contributed by atoms with Crippen molar-refractivity contribution in [3.63, 3.8) is 0 Å². The third-order valence-electron chi connectivity index (χ3n) is 7.78. The van der Waals surface area contributed by atoms with E-state index in [1.165, 1.54) is 19.1 Å². The van der Waals surface area contributed by atoms with Crippen molar-refractivity contribution in [2.75, 3.05) is 11.9 Å². The summed E-state index contributed by atoms with van der Waals surface area (Å²) in [4.78, 5) is 25.2. The van der Waals surface area contributed by atoms with E-state index in [0.717, 1.165) is 6.07 Å². The first kappa shape index (κ1) is 30.3. The van der Waals surface area contributed by atoms with E-state index in [9.17, 15) is 46.5 Å². The molecule has 0 spiro atoms. The molecular formula is C26H28ClF3N2O7S. The average molecular weight is 605 g/mol. The molecule has 0 aliphatic heterocycles. The summed E-state index contributed by atoms with van der Waals surface area (Å²) < 4.78 is 67.6. The third-order valence-corrected chi connectivity index (χ3v) is 10.4. The van der Waals surface area contributed by atoms with Gasteiger partial charge in [0.15, 0.2) is 27.3 Å². The van der Waals surface area contributed by atoms with Gasteiger partial charge < -0.3 is 26.0 Å². The quantitative estimate of drug-likeness (QED) is 0.290. The summed E-state index contributed by atoms with van der Waals surface area (Å²) in [5.41, 5.74) is -2.43. The lowest BCUT2D eigenvalue weighted by Gasteiger charge is -2.41. The Bertz CT molecular complexity index is 1400. The first-order valence-corrected chi connectivity index (χ1v) is 14.4. The molecule has 2 bridgehead atoms. The zero-order chi connectivity index (χ0) is 29.6. The van der Waals surface area contributed by atoms with E-state index in [1.807, 2.05) is 0 Å². The Morgan fingerprint density at radius 1 is 1.07 bits per heavy atom. The van der Waals surface area contributed by atoms with Crippen molar-refractivity contribution in [3.05, 3.63) is 58.4 Å². The number of carbonyl (C=O) groups is 2. The highest BCUT2D eigenvalue weighted by atomic mass is 35.5. The van der Waals surface area contributed by atoms with E-state index in [-0.39, 0.29) is 40.6 Å². The molecule has 2 amide bonds. The molecule has 40 heavy (non-hydrogen) atoms. The van der Waals surface area contributed by atoms with E-state index in [1.54, 1.807) is 0 Å². The maximum absolute atomic E-state index is 13.7. The van der Waals surface area contributed by atoms with E-state index >= 15 is 0 Å². The number of carbonyl (C=O) groups excluding carboxylic acids is 2. The SMILES string of the molecule is CC(O)C(O)CNC(=O)[C@]1(O)C2CCC1C[C@@H](S(=O)(=O)c1cc(C(=O)Nc3cc(F)c(F)c(F)c3)ccc1Cl)C2. The fraction of sp³-hybridized carbons (Fsp3) is 0.462. The molecule has 2 aliphatic carbocycles. The van der Waals surface area contributed by atoms with Crippen molar-refractivity contribution in [1.82, 2.24) is 5.32 Å². The number of benzene rings is 2. The molecule has 2 aromatic carbocycles. The van der Waals surface area contributed by atoms with Crippen LogP contribution in [0.3, 0.4) is 0 Å². The van der Waals surface area contributed by atoms with Crippen molar-refractivity contribution in [2.45, 2.75) is 60.6 Å². The van der Waals surface area contributed by atoms with Crippen LogP contribution in [0, 0.1) is 29.3 Å². The second kappa shape index (κ2) is 11.3. The van der Waals surface area contributed by atoms with Gasteiger partial charge in [-0.3, -0.25) is 9.59 Å². The summed E-state index contributed by atoms with van der Waals surface area (Å²) in [7, 11) is -4.18. The molecule has 5 N–H and O–H groups in total. The van der Waals surface area contributed by atoms with E-state index in [4.69, 9.17) is 11.6 Å². The largest absolute Gasteiger partial charge is 0.391 e. The van der Waals surface area contributed by atoms with Gasteiger partial charge in [0.2, 0.25) is 0 Å². The molecule has 0 aromatic heterocycles. The third kappa shape index (κ3) is 5.57. The van der Waals surface area contributed by atoms with Crippen LogP contribution in [0.2, 0.25) is 5.02 Å². The van der Waals surface area contributed by atoms with Crippen molar-refractivity contribution >= 4 is 38.9 Å². The van der Waals surface area contributed by atoms with Gasteiger partial charge in [0.1, 0.15) is 5.60 Å². The molecule has 14 heteroatoms. The Kier molecular flexibility index (Phi) is 8.53. The number of hydrogen-bond donors (Lipinski definition) is 5.